The third-order valence-corrected chi connectivity index (χ3v) is 4.65. The van der Waals surface area contributed by atoms with Crippen LogP contribution in [0.4, 0.5) is 0 Å². The Morgan fingerprint density at radius 1 is 1.14 bits per heavy atom. The van der Waals surface area contributed by atoms with E-state index >= 15 is 0 Å². The average Bonchev–Trinajstić information content (AvgIpc) is 2.75. The normalized spacial score (nSPS) is 14.7. The van der Waals surface area contributed by atoms with E-state index in [-0.39, 0.29) is 29.9 Å². The Hall–Kier alpha value is -1.39. The van der Waals surface area contributed by atoms with Gasteiger partial charge in [0.2, 0.25) is 5.91 Å². The molecule has 0 aromatic heterocycles. The van der Waals surface area contributed by atoms with Gasteiger partial charge in [0.25, 0.3) is 0 Å². The van der Waals surface area contributed by atoms with Gasteiger partial charge in [-0.25, -0.2) is 0 Å². The van der Waals surface area contributed by atoms with Crippen LogP contribution in [0.2, 0.25) is 0 Å². The van der Waals surface area contributed by atoms with E-state index in [2.05, 4.69) is 20.9 Å². The zero-order chi connectivity index (χ0) is 19.9. The van der Waals surface area contributed by atoms with Crippen LogP contribution in [0, 0.1) is 5.92 Å². The fourth-order valence-corrected chi connectivity index (χ4v) is 2.94. The molecular formula is C21H35IN4O3. The standard InChI is InChI=1S/C21H34N4O3.HI/c1-22-21(23-11-5-13-28-17-19-9-14-27-15-10-19)24-12-8-20(26)25-16-18-6-3-2-4-7-18;/h2-4,6-7,19H,5,8-17H2,1H3,(H,25,26)(H2,22,23,24);1H. The molecular weight excluding hydrogens is 483 g/mol. The quantitative estimate of drug-likeness (QED) is 0.181. The summed E-state index contributed by atoms with van der Waals surface area (Å²) in [6, 6.07) is 9.89. The van der Waals surface area contributed by atoms with Crippen molar-refractivity contribution >= 4 is 35.8 Å². The van der Waals surface area contributed by atoms with Crippen LogP contribution in [0.1, 0.15) is 31.2 Å². The number of benzene rings is 1. The van der Waals surface area contributed by atoms with Crippen LogP contribution >= 0.6 is 24.0 Å². The molecule has 1 aliphatic heterocycles. The molecule has 0 bridgehead atoms. The molecule has 2 rings (SSSR count). The van der Waals surface area contributed by atoms with Crippen LogP contribution in [0.5, 0.6) is 0 Å². The Morgan fingerprint density at radius 2 is 1.86 bits per heavy atom. The number of hydrogen-bond acceptors (Lipinski definition) is 4. The molecule has 0 saturated carbocycles. The van der Waals surface area contributed by atoms with Gasteiger partial charge in [-0.3, -0.25) is 9.79 Å². The van der Waals surface area contributed by atoms with E-state index in [1.54, 1.807) is 7.05 Å². The molecule has 164 valence electrons. The Labute approximate surface area is 191 Å². The molecule has 1 fully saturated rings. The van der Waals surface area contributed by atoms with Gasteiger partial charge in [-0.15, -0.1) is 24.0 Å². The molecule has 0 spiro atoms. The molecule has 1 saturated heterocycles. The van der Waals surface area contributed by atoms with Gasteiger partial charge in [0, 0.05) is 59.5 Å². The largest absolute Gasteiger partial charge is 0.381 e. The Morgan fingerprint density at radius 3 is 2.59 bits per heavy atom. The molecule has 0 aliphatic carbocycles. The summed E-state index contributed by atoms with van der Waals surface area (Å²) >= 11 is 0. The number of carbonyl (C=O) groups is 1. The van der Waals surface area contributed by atoms with E-state index in [4.69, 9.17) is 9.47 Å². The Balaban J connectivity index is 0.00000420. The number of carbonyl (C=O) groups excluding carboxylic acids is 1. The predicted molar refractivity (Wildman–Crippen MR) is 127 cm³/mol. The molecule has 3 N–H and O–H groups in total. The number of ether oxygens (including phenoxy) is 2. The van der Waals surface area contributed by atoms with Crippen LogP contribution in [-0.4, -0.2) is 58.4 Å². The van der Waals surface area contributed by atoms with Crippen molar-refractivity contribution in [2.45, 2.75) is 32.2 Å². The summed E-state index contributed by atoms with van der Waals surface area (Å²) in [5, 5.41) is 9.33. The highest BCUT2D eigenvalue weighted by Gasteiger charge is 2.13. The zero-order valence-corrected chi connectivity index (χ0v) is 19.7. The molecule has 0 atom stereocenters. The van der Waals surface area contributed by atoms with Crippen molar-refractivity contribution in [1.82, 2.24) is 16.0 Å². The molecule has 1 aromatic carbocycles. The Bertz CT molecular complexity index is 581. The highest BCUT2D eigenvalue weighted by Crippen LogP contribution is 2.14. The van der Waals surface area contributed by atoms with Crippen molar-refractivity contribution in [3.63, 3.8) is 0 Å². The number of nitrogens with zero attached hydrogens (tertiary/aromatic N) is 1. The lowest BCUT2D eigenvalue weighted by Gasteiger charge is -2.21. The number of guanidine groups is 1. The van der Waals surface area contributed by atoms with Crippen molar-refractivity contribution < 1.29 is 14.3 Å². The lowest BCUT2D eigenvalue weighted by molar-refractivity contribution is -0.121. The van der Waals surface area contributed by atoms with Gasteiger partial charge < -0.3 is 25.4 Å². The number of halogens is 1. The van der Waals surface area contributed by atoms with E-state index in [0.717, 1.165) is 57.8 Å². The third kappa shape index (κ3) is 12.0. The fraction of sp³-hybridized carbons (Fsp3) is 0.619. The topological polar surface area (TPSA) is 84.0 Å². The van der Waals surface area contributed by atoms with Crippen molar-refractivity contribution in [3.05, 3.63) is 35.9 Å². The van der Waals surface area contributed by atoms with Gasteiger partial charge in [0.15, 0.2) is 5.96 Å². The first-order valence-electron chi connectivity index (χ1n) is 10.2. The van der Waals surface area contributed by atoms with E-state index in [9.17, 15) is 4.79 Å². The molecule has 0 unspecified atom stereocenters. The second-order valence-electron chi connectivity index (χ2n) is 6.92. The zero-order valence-electron chi connectivity index (χ0n) is 17.3. The summed E-state index contributed by atoms with van der Waals surface area (Å²) in [6.45, 7) is 5.18. The van der Waals surface area contributed by atoms with Crippen molar-refractivity contribution in [1.29, 1.82) is 0 Å². The SMILES string of the molecule is CN=C(NCCCOCC1CCOCC1)NCCC(=O)NCc1ccccc1.I. The van der Waals surface area contributed by atoms with Gasteiger partial charge in [0.1, 0.15) is 0 Å². The molecule has 7 nitrogen and oxygen atoms in total. The van der Waals surface area contributed by atoms with Crippen LogP contribution in [0.3, 0.4) is 0 Å². The average molecular weight is 518 g/mol. The van der Waals surface area contributed by atoms with Crippen molar-refractivity contribution in [2.75, 3.05) is 46.6 Å². The number of nitrogens with one attached hydrogen (secondary N) is 3. The summed E-state index contributed by atoms with van der Waals surface area (Å²) in [6.07, 6.45) is 3.53. The maximum Gasteiger partial charge on any atom is 0.222 e. The minimum Gasteiger partial charge on any atom is -0.381 e. The third-order valence-electron chi connectivity index (χ3n) is 4.65. The lowest BCUT2D eigenvalue weighted by atomic mass is 10.0. The minimum atomic E-state index is 0. The molecule has 0 radical (unpaired) electrons. The van der Waals surface area contributed by atoms with Crippen LogP contribution in [-0.2, 0) is 20.8 Å². The van der Waals surface area contributed by atoms with E-state index < -0.39 is 0 Å². The highest BCUT2D eigenvalue weighted by atomic mass is 127. The first-order chi connectivity index (χ1) is 13.8. The molecule has 29 heavy (non-hydrogen) atoms. The van der Waals surface area contributed by atoms with Crippen molar-refractivity contribution in [3.8, 4) is 0 Å². The predicted octanol–water partition coefficient (Wildman–Crippen LogP) is 2.31. The van der Waals surface area contributed by atoms with Gasteiger partial charge in [-0.05, 0) is 30.7 Å². The number of hydrogen-bond donors (Lipinski definition) is 3. The van der Waals surface area contributed by atoms with E-state index in [1.807, 2.05) is 30.3 Å². The van der Waals surface area contributed by atoms with E-state index in [1.165, 1.54) is 0 Å². The fourth-order valence-electron chi connectivity index (χ4n) is 2.94. The van der Waals surface area contributed by atoms with Gasteiger partial charge in [-0.2, -0.15) is 0 Å². The Kier molecular flexibility index (Phi) is 14.5. The summed E-state index contributed by atoms with van der Waals surface area (Å²) in [7, 11) is 1.73. The van der Waals surface area contributed by atoms with Gasteiger partial charge in [0.05, 0.1) is 0 Å². The molecule has 8 heteroatoms. The highest BCUT2D eigenvalue weighted by molar-refractivity contribution is 14.0. The number of amides is 1. The van der Waals surface area contributed by atoms with E-state index in [0.29, 0.717) is 31.4 Å². The maximum absolute atomic E-state index is 11.9. The van der Waals surface area contributed by atoms with Gasteiger partial charge >= 0.3 is 0 Å². The molecule has 1 heterocycles. The van der Waals surface area contributed by atoms with Crippen LogP contribution in [0.15, 0.2) is 35.3 Å². The molecule has 1 amide bonds. The first kappa shape index (κ1) is 25.6. The second kappa shape index (κ2) is 16.4. The number of rotatable bonds is 11. The molecule has 1 aromatic rings. The van der Waals surface area contributed by atoms with Gasteiger partial charge in [-0.1, -0.05) is 30.3 Å². The summed E-state index contributed by atoms with van der Waals surface area (Å²) < 4.78 is 11.1. The summed E-state index contributed by atoms with van der Waals surface area (Å²) in [5.41, 5.74) is 1.10. The van der Waals surface area contributed by atoms with Crippen molar-refractivity contribution in [2.24, 2.45) is 10.9 Å². The summed E-state index contributed by atoms with van der Waals surface area (Å²) in [4.78, 5) is 16.1. The smallest absolute Gasteiger partial charge is 0.222 e. The maximum atomic E-state index is 11.9. The second-order valence-corrected chi connectivity index (χ2v) is 6.92. The molecule has 1 aliphatic rings. The number of aliphatic imine (C=N–C) groups is 1. The van der Waals surface area contributed by atoms with Crippen LogP contribution < -0.4 is 16.0 Å². The minimum absolute atomic E-state index is 0. The summed E-state index contributed by atoms with van der Waals surface area (Å²) in [5.74, 6) is 1.37. The monoisotopic (exact) mass is 518 g/mol. The lowest BCUT2D eigenvalue weighted by Crippen LogP contribution is -2.39. The first-order valence-corrected chi connectivity index (χ1v) is 10.2. The van der Waals surface area contributed by atoms with Crippen LogP contribution in [0.25, 0.3) is 0 Å².